The predicted octanol–water partition coefficient (Wildman–Crippen LogP) is 2.29. The Labute approximate surface area is 119 Å². The van der Waals surface area contributed by atoms with Crippen LogP contribution in [0.4, 0.5) is 5.82 Å². The van der Waals surface area contributed by atoms with Crippen molar-refractivity contribution in [2.75, 3.05) is 5.73 Å². The average molecular weight is 271 g/mol. The Morgan fingerprint density at radius 3 is 2.80 bits per heavy atom. The minimum Gasteiger partial charge on any atom is -0.383 e. The largest absolute Gasteiger partial charge is 0.383 e. The summed E-state index contributed by atoms with van der Waals surface area (Å²) in [6.45, 7) is 2.10. The summed E-state index contributed by atoms with van der Waals surface area (Å²) in [5.41, 5.74) is 10.5. The number of hydrogen-bond donors (Lipinski definition) is 1. The van der Waals surface area contributed by atoms with Gasteiger partial charge in [-0.1, -0.05) is 13.3 Å². The lowest BCUT2D eigenvalue weighted by molar-refractivity contribution is 0.709. The van der Waals surface area contributed by atoms with Gasteiger partial charge in [-0.15, -0.1) is 0 Å². The van der Waals surface area contributed by atoms with Crippen molar-refractivity contribution in [2.24, 2.45) is 7.05 Å². The molecule has 2 aromatic heterocycles. The van der Waals surface area contributed by atoms with Crippen molar-refractivity contribution >= 4 is 5.82 Å². The Bertz CT molecular complexity index is 629. The fourth-order valence-electron chi connectivity index (χ4n) is 2.90. The van der Waals surface area contributed by atoms with Crippen molar-refractivity contribution in [1.82, 2.24) is 19.7 Å². The Balaban J connectivity index is 2.10. The molecule has 0 saturated heterocycles. The summed E-state index contributed by atoms with van der Waals surface area (Å²) >= 11 is 0. The molecule has 0 spiro atoms. The molecule has 0 aliphatic heterocycles. The fraction of sp³-hybridized carbons (Fsp3) is 0.533. The second-order valence-corrected chi connectivity index (χ2v) is 5.44. The quantitative estimate of drug-likeness (QED) is 0.851. The van der Waals surface area contributed by atoms with Crippen LogP contribution in [0.1, 0.15) is 43.1 Å². The van der Waals surface area contributed by atoms with Crippen molar-refractivity contribution in [3.05, 3.63) is 23.1 Å². The van der Waals surface area contributed by atoms with Crippen LogP contribution in [0, 0.1) is 0 Å². The zero-order valence-electron chi connectivity index (χ0n) is 12.2. The highest BCUT2D eigenvalue weighted by Crippen LogP contribution is 2.27. The molecule has 0 atom stereocenters. The summed E-state index contributed by atoms with van der Waals surface area (Å²) < 4.78 is 1.82. The molecule has 0 radical (unpaired) electrons. The van der Waals surface area contributed by atoms with E-state index in [0.29, 0.717) is 5.82 Å². The summed E-state index contributed by atoms with van der Waals surface area (Å²) in [7, 11) is 1.93. The van der Waals surface area contributed by atoms with Crippen molar-refractivity contribution in [1.29, 1.82) is 0 Å². The van der Waals surface area contributed by atoms with E-state index in [1.54, 1.807) is 0 Å². The standard InChI is InChI=1S/C15H21N5/c1-3-12-11(9-20(2)19-12)15-17-13-8-6-4-5-7-10(13)14(16)18-15/h9H,3-8H2,1-2H3,(H2,16,17,18). The number of rotatable bonds is 2. The van der Waals surface area contributed by atoms with Gasteiger partial charge in [-0.05, 0) is 32.1 Å². The van der Waals surface area contributed by atoms with Gasteiger partial charge in [-0.3, -0.25) is 4.68 Å². The van der Waals surface area contributed by atoms with E-state index in [0.717, 1.165) is 47.6 Å². The van der Waals surface area contributed by atoms with Gasteiger partial charge in [0, 0.05) is 24.5 Å². The van der Waals surface area contributed by atoms with E-state index in [-0.39, 0.29) is 0 Å². The molecule has 5 heteroatoms. The molecule has 0 saturated carbocycles. The molecule has 2 N–H and O–H groups in total. The number of nitrogens with zero attached hydrogens (tertiary/aromatic N) is 4. The summed E-state index contributed by atoms with van der Waals surface area (Å²) in [5.74, 6) is 1.38. The SMILES string of the molecule is CCc1nn(C)cc1-c1nc(N)c2c(n1)CCCCC2. The first-order valence-electron chi connectivity index (χ1n) is 7.37. The Kier molecular flexibility index (Phi) is 3.42. The van der Waals surface area contributed by atoms with Gasteiger partial charge in [0.2, 0.25) is 0 Å². The molecule has 0 unspecified atom stereocenters. The third-order valence-electron chi connectivity index (χ3n) is 3.95. The normalized spacial score (nSPS) is 14.9. The first-order chi connectivity index (χ1) is 9.69. The highest BCUT2D eigenvalue weighted by atomic mass is 15.3. The smallest absolute Gasteiger partial charge is 0.165 e. The minimum atomic E-state index is 0.651. The average Bonchev–Trinajstić information content (AvgIpc) is 2.66. The van der Waals surface area contributed by atoms with E-state index < -0.39 is 0 Å². The van der Waals surface area contributed by atoms with Crippen LogP contribution in [0.5, 0.6) is 0 Å². The number of hydrogen-bond acceptors (Lipinski definition) is 4. The maximum absolute atomic E-state index is 6.17. The molecule has 2 aromatic rings. The van der Waals surface area contributed by atoms with Crippen molar-refractivity contribution in [3.63, 3.8) is 0 Å². The molecular formula is C15H21N5. The Morgan fingerprint density at radius 1 is 1.20 bits per heavy atom. The first-order valence-corrected chi connectivity index (χ1v) is 7.37. The van der Waals surface area contributed by atoms with Crippen LogP contribution in [0.25, 0.3) is 11.4 Å². The lowest BCUT2D eigenvalue weighted by atomic mass is 10.1. The number of aromatic nitrogens is 4. The van der Waals surface area contributed by atoms with E-state index in [2.05, 4.69) is 17.0 Å². The third-order valence-corrected chi connectivity index (χ3v) is 3.95. The van der Waals surface area contributed by atoms with Gasteiger partial charge >= 0.3 is 0 Å². The van der Waals surface area contributed by atoms with Gasteiger partial charge in [0.15, 0.2) is 5.82 Å². The molecule has 5 nitrogen and oxygen atoms in total. The van der Waals surface area contributed by atoms with E-state index >= 15 is 0 Å². The number of nitrogen functional groups attached to an aromatic ring is 1. The summed E-state index contributed by atoms with van der Waals surface area (Å²) in [6, 6.07) is 0. The van der Waals surface area contributed by atoms with E-state index in [1.807, 2.05) is 17.9 Å². The molecule has 1 aliphatic rings. The molecule has 2 heterocycles. The monoisotopic (exact) mass is 271 g/mol. The van der Waals surface area contributed by atoms with Crippen LogP contribution in [0.2, 0.25) is 0 Å². The predicted molar refractivity (Wildman–Crippen MR) is 79.3 cm³/mol. The van der Waals surface area contributed by atoms with Gasteiger partial charge < -0.3 is 5.73 Å². The number of anilines is 1. The van der Waals surface area contributed by atoms with Gasteiger partial charge in [0.05, 0.1) is 11.3 Å². The second kappa shape index (κ2) is 5.23. The van der Waals surface area contributed by atoms with Crippen LogP contribution in [0.3, 0.4) is 0 Å². The third kappa shape index (κ3) is 2.28. The molecule has 20 heavy (non-hydrogen) atoms. The second-order valence-electron chi connectivity index (χ2n) is 5.44. The summed E-state index contributed by atoms with van der Waals surface area (Å²) in [5, 5.41) is 4.46. The fourth-order valence-corrected chi connectivity index (χ4v) is 2.90. The van der Waals surface area contributed by atoms with E-state index in [9.17, 15) is 0 Å². The van der Waals surface area contributed by atoms with Gasteiger partial charge in [-0.2, -0.15) is 5.10 Å². The van der Waals surface area contributed by atoms with Gasteiger partial charge in [0.25, 0.3) is 0 Å². The zero-order chi connectivity index (χ0) is 14.1. The zero-order valence-corrected chi connectivity index (χ0v) is 12.2. The highest BCUT2D eigenvalue weighted by molar-refractivity contribution is 5.61. The topological polar surface area (TPSA) is 69.6 Å². The molecule has 0 fully saturated rings. The molecule has 3 rings (SSSR count). The lowest BCUT2D eigenvalue weighted by Gasteiger charge is -2.10. The number of fused-ring (bicyclic) bond motifs is 1. The molecule has 0 bridgehead atoms. The van der Waals surface area contributed by atoms with Crippen LogP contribution in [-0.4, -0.2) is 19.7 Å². The number of nitrogens with two attached hydrogens (primary N) is 1. The minimum absolute atomic E-state index is 0.651. The lowest BCUT2D eigenvalue weighted by Crippen LogP contribution is -2.06. The Morgan fingerprint density at radius 2 is 2.00 bits per heavy atom. The van der Waals surface area contributed by atoms with Crippen molar-refractivity contribution in [2.45, 2.75) is 45.4 Å². The highest BCUT2D eigenvalue weighted by Gasteiger charge is 2.18. The van der Waals surface area contributed by atoms with Crippen LogP contribution in [-0.2, 0) is 26.3 Å². The van der Waals surface area contributed by atoms with Gasteiger partial charge in [-0.25, -0.2) is 9.97 Å². The van der Waals surface area contributed by atoms with E-state index in [4.69, 9.17) is 10.7 Å². The molecule has 1 aliphatic carbocycles. The van der Waals surface area contributed by atoms with Crippen molar-refractivity contribution in [3.8, 4) is 11.4 Å². The first kappa shape index (κ1) is 13.1. The maximum atomic E-state index is 6.17. The summed E-state index contributed by atoms with van der Waals surface area (Å²) in [6.07, 6.45) is 8.50. The van der Waals surface area contributed by atoms with Crippen LogP contribution in [0.15, 0.2) is 6.20 Å². The molecular weight excluding hydrogens is 250 g/mol. The molecule has 106 valence electrons. The maximum Gasteiger partial charge on any atom is 0.165 e. The van der Waals surface area contributed by atoms with Crippen LogP contribution >= 0.6 is 0 Å². The number of aryl methyl sites for hydroxylation is 3. The van der Waals surface area contributed by atoms with Crippen LogP contribution < -0.4 is 5.73 Å². The summed E-state index contributed by atoms with van der Waals surface area (Å²) in [4.78, 5) is 9.32. The Hall–Kier alpha value is -1.91. The molecule has 0 aromatic carbocycles. The van der Waals surface area contributed by atoms with Crippen molar-refractivity contribution < 1.29 is 0 Å². The van der Waals surface area contributed by atoms with Gasteiger partial charge in [0.1, 0.15) is 5.82 Å². The molecule has 0 amide bonds. The van der Waals surface area contributed by atoms with E-state index in [1.165, 1.54) is 19.3 Å².